The van der Waals surface area contributed by atoms with Crippen LogP contribution in [0.15, 0.2) is 0 Å². The van der Waals surface area contributed by atoms with Gasteiger partial charge in [0.15, 0.2) is 0 Å². The first-order valence-electron chi connectivity index (χ1n) is 12.2. The number of carboxylic acid groups (broad SMARTS) is 1. The molecule has 0 heterocycles. The minimum atomic E-state index is -0.689. The highest BCUT2D eigenvalue weighted by molar-refractivity contribution is 5.87. The fraction of sp³-hybridized carbons (Fsp3) is 0.920. The summed E-state index contributed by atoms with van der Waals surface area (Å²) in [5.74, 6) is 2.59. The number of Topliss-reactive ketones (excluding diaryl/α,β-unsaturated/α-hetero) is 1. The summed E-state index contributed by atoms with van der Waals surface area (Å²) in [5.41, 5.74) is 0.117. The number of carbonyl (C=O) groups excluding carboxylic acids is 1. The van der Waals surface area contributed by atoms with E-state index in [2.05, 4.69) is 13.8 Å². The Morgan fingerprint density at radius 3 is 2.55 bits per heavy atom. The molecule has 4 aliphatic rings. The predicted octanol–water partition coefficient (Wildman–Crippen LogP) is 5.22. The van der Waals surface area contributed by atoms with E-state index in [0.717, 1.165) is 51.4 Å². The number of ketones is 1. The average molecular weight is 405 g/mol. The lowest BCUT2D eigenvalue weighted by Gasteiger charge is -2.61. The molecule has 4 fully saturated rings. The Kier molecular flexibility index (Phi) is 5.87. The minimum Gasteiger partial charge on any atom is -0.481 e. The van der Waals surface area contributed by atoms with E-state index in [0.29, 0.717) is 35.4 Å². The van der Waals surface area contributed by atoms with Crippen LogP contribution in [-0.4, -0.2) is 28.1 Å². The molecule has 4 saturated carbocycles. The molecule has 0 aromatic heterocycles. The molecule has 8 atom stereocenters. The van der Waals surface area contributed by atoms with Crippen molar-refractivity contribution in [2.45, 2.75) is 103 Å². The summed E-state index contributed by atoms with van der Waals surface area (Å²) in [5, 5.41) is 20.0. The van der Waals surface area contributed by atoms with Gasteiger partial charge in [-0.1, -0.05) is 33.1 Å². The molecule has 0 saturated heterocycles. The Morgan fingerprint density at radius 2 is 1.79 bits per heavy atom. The van der Waals surface area contributed by atoms with Gasteiger partial charge >= 0.3 is 5.97 Å². The van der Waals surface area contributed by atoms with Crippen LogP contribution < -0.4 is 0 Å². The lowest BCUT2D eigenvalue weighted by molar-refractivity contribution is -0.165. The van der Waals surface area contributed by atoms with Crippen molar-refractivity contribution in [2.75, 3.05) is 0 Å². The summed E-state index contributed by atoms with van der Waals surface area (Å²) in [4.78, 5) is 23.2. The lowest BCUT2D eigenvalue weighted by Crippen LogP contribution is -2.57. The van der Waals surface area contributed by atoms with E-state index in [9.17, 15) is 14.7 Å². The molecule has 0 bridgehead atoms. The van der Waals surface area contributed by atoms with Crippen molar-refractivity contribution < 1.29 is 19.8 Å². The molecule has 0 amide bonds. The highest BCUT2D eigenvalue weighted by atomic mass is 16.4. The summed E-state index contributed by atoms with van der Waals surface area (Å²) in [6.07, 6.45) is 12.7. The van der Waals surface area contributed by atoms with Gasteiger partial charge < -0.3 is 10.2 Å². The number of hydrogen-bond acceptors (Lipinski definition) is 3. The minimum absolute atomic E-state index is 0.114. The van der Waals surface area contributed by atoms with Crippen LogP contribution in [0.1, 0.15) is 97.3 Å². The summed E-state index contributed by atoms with van der Waals surface area (Å²) < 4.78 is 0. The maximum atomic E-state index is 12.6. The van der Waals surface area contributed by atoms with Gasteiger partial charge in [0.05, 0.1) is 6.10 Å². The van der Waals surface area contributed by atoms with Gasteiger partial charge in [-0.3, -0.25) is 9.59 Å². The SMILES string of the molecule is C[C@]12CCC(CCCCCC(=O)O)CC1[C@@H](O)C[C@@H]1[C@@H]2CC[C@]2(C)C(=O)CC[C@@H]12. The third-order valence-corrected chi connectivity index (χ3v) is 10.00. The van der Waals surface area contributed by atoms with Crippen LogP contribution >= 0.6 is 0 Å². The summed E-state index contributed by atoms with van der Waals surface area (Å²) in [6.45, 7) is 4.67. The van der Waals surface area contributed by atoms with Crippen LogP contribution in [0.2, 0.25) is 0 Å². The zero-order valence-corrected chi connectivity index (χ0v) is 18.4. The van der Waals surface area contributed by atoms with Crippen molar-refractivity contribution in [1.82, 2.24) is 0 Å². The van der Waals surface area contributed by atoms with Crippen LogP contribution in [0.3, 0.4) is 0 Å². The van der Waals surface area contributed by atoms with Crippen LogP contribution in [0.25, 0.3) is 0 Å². The van der Waals surface area contributed by atoms with Crippen molar-refractivity contribution in [2.24, 2.45) is 40.4 Å². The summed E-state index contributed by atoms with van der Waals surface area (Å²) in [7, 11) is 0. The van der Waals surface area contributed by atoms with E-state index < -0.39 is 5.97 Å². The molecule has 4 rings (SSSR count). The first-order valence-corrected chi connectivity index (χ1v) is 12.2. The van der Waals surface area contributed by atoms with E-state index in [4.69, 9.17) is 5.11 Å². The molecule has 0 aromatic carbocycles. The molecular formula is C25H40O4. The van der Waals surface area contributed by atoms with Crippen LogP contribution in [0.5, 0.6) is 0 Å². The second-order valence-corrected chi connectivity index (χ2v) is 11.3. The van der Waals surface area contributed by atoms with Gasteiger partial charge in [-0.25, -0.2) is 0 Å². The van der Waals surface area contributed by atoms with Crippen LogP contribution in [0, 0.1) is 40.4 Å². The lowest BCUT2D eigenvalue weighted by atomic mass is 9.44. The molecular weight excluding hydrogens is 364 g/mol. The molecule has 164 valence electrons. The average Bonchev–Trinajstić information content (AvgIpc) is 2.97. The first-order chi connectivity index (χ1) is 13.8. The van der Waals surface area contributed by atoms with Gasteiger partial charge in [0, 0.05) is 18.3 Å². The maximum absolute atomic E-state index is 12.6. The Bertz CT molecular complexity index is 645. The van der Waals surface area contributed by atoms with E-state index in [1.54, 1.807) is 0 Å². The molecule has 0 aromatic rings. The van der Waals surface area contributed by atoms with Crippen molar-refractivity contribution in [3.63, 3.8) is 0 Å². The number of hydrogen-bond donors (Lipinski definition) is 2. The van der Waals surface area contributed by atoms with Gasteiger partial charge in [0.2, 0.25) is 0 Å². The third-order valence-electron chi connectivity index (χ3n) is 10.00. The number of aliphatic hydroxyl groups is 1. The standard InChI is InChI=1S/C25H40O4/c1-24-12-10-16(6-4-3-5-7-23(28)29)14-20(24)21(26)15-17-18-8-9-22(27)25(18,2)13-11-19(17)24/h16-21,26H,3-15H2,1-2H3,(H,28,29)/t16?,17-,18-,19-,20?,21-,24+,25-/m0/s1. The largest absolute Gasteiger partial charge is 0.481 e. The molecule has 4 nitrogen and oxygen atoms in total. The quantitative estimate of drug-likeness (QED) is 0.595. The van der Waals surface area contributed by atoms with Gasteiger partial charge in [-0.2, -0.15) is 0 Å². The maximum Gasteiger partial charge on any atom is 0.303 e. The molecule has 0 radical (unpaired) electrons. The fourth-order valence-electron chi connectivity index (χ4n) is 8.30. The molecule has 2 unspecified atom stereocenters. The van der Waals surface area contributed by atoms with E-state index >= 15 is 0 Å². The predicted molar refractivity (Wildman–Crippen MR) is 112 cm³/mol. The van der Waals surface area contributed by atoms with Crippen molar-refractivity contribution in [3.05, 3.63) is 0 Å². The van der Waals surface area contributed by atoms with Gasteiger partial charge in [0.1, 0.15) is 5.78 Å². The fourth-order valence-corrected chi connectivity index (χ4v) is 8.30. The molecule has 4 aliphatic carbocycles. The number of unbranched alkanes of at least 4 members (excludes halogenated alkanes) is 2. The molecule has 0 spiro atoms. The van der Waals surface area contributed by atoms with Crippen molar-refractivity contribution >= 4 is 11.8 Å². The Labute approximate surface area is 175 Å². The number of aliphatic hydroxyl groups excluding tert-OH is 1. The highest BCUT2D eigenvalue weighted by Gasteiger charge is 2.61. The molecule has 2 N–H and O–H groups in total. The monoisotopic (exact) mass is 404 g/mol. The molecule has 4 heteroatoms. The van der Waals surface area contributed by atoms with E-state index in [1.165, 1.54) is 25.7 Å². The topological polar surface area (TPSA) is 74.6 Å². The smallest absolute Gasteiger partial charge is 0.303 e. The van der Waals surface area contributed by atoms with Crippen LogP contribution in [0.4, 0.5) is 0 Å². The van der Waals surface area contributed by atoms with Gasteiger partial charge in [-0.15, -0.1) is 0 Å². The Hall–Kier alpha value is -0.900. The second-order valence-electron chi connectivity index (χ2n) is 11.3. The molecule has 29 heavy (non-hydrogen) atoms. The zero-order valence-electron chi connectivity index (χ0n) is 18.4. The van der Waals surface area contributed by atoms with Crippen molar-refractivity contribution in [3.8, 4) is 0 Å². The van der Waals surface area contributed by atoms with Gasteiger partial charge in [-0.05, 0) is 86.4 Å². The summed E-state index contributed by atoms with van der Waals surface area (Å²) >= 11 is 0. The van der Waals surface area contributed by atoms with Crippen molar-refractivity contribution in [1.29, 1.82) is 0 Å². The number of carboxylic acids is 1. The normalized spacial score (nSPS) is 46.7. The highest BCUT2D eigenvalue weighted by Crippen LogP contribution is 2.66. The second kappa shape index (κ2) is 7.98. The number of carbonyl (C=O) groups is 2. The Balaban J connectivity index is 1.39. The van der Waals surface area contributed by atoms with E-state index in [-0.39, 0.29) is 23.4 Å². The van der Waals surface area contributed by atoms with E-state index in [1.807, 2.05) is 0 Å². The zero-order chi connectivity index (χ0) is 20.8. The van der Waals surface area contributed by atoms with Crippen LogP contribution in [-0.2, 0) is 9.59 Å². The number of aliphatic carboxylic acids is 1. The first kappa shape index (κ1) is 21.3. The third kappa shape index (κ3) is 3.68. The Morgan fingerprint density at radius 1 is 1.00 bits per heavy atom. The number of fused-ring (bicyclic) bond motifs is 5. The summed E-state index contributed by atoms with van der Waals surface area (Å²) in [6, 6.07) is 0. The van der Waals surface area contributed by atoms with Gasteiger partial charge in [0.25, 0.3) is 0 Å². The number of rotatable bonds is 6. The molecule has 0 aliphatic heterocycles.